The molecule has 2 rings (SSSR count). The smallest absolute Gasteiger partial charge is 0.0925 e. The molecule has 2 nitrogen and oxygen atoms in total. The Morgan fingerprint density at radius 1 is 1.64 bits per heavy atom. The van der Waals surface area contributed by atoms with Crippen LogP contribution in [0.5, 0.6) is 0 Å². The van der Waals surface area contributed by atoms with Gasteiger partial charge in [-0.1, -0.05) is 6.92 Å². The number of hydrogen-bond acceptors (Lipinski definition) is 1. The monoisotopic (exact) mass is 172 g/mol. The average Bonchev–Trinajstić information content (AvgIpc) is 2.33. The van der Waals surface area contributed by atoms with Gasteiger partial charge < -0.3 is 4.98 Å². The van der Waals surface area contributed by atoms with Gasteiger partial charge in [0.15, 0.2) is 0 Å². The van der Waals surface area contributed by atoms with Gasteiger partial charge in [-0.15, -0.1) is 12.4 Å². The third kappa shape index (κ3) is 1.56. The van der Waals surface area contributed by atoms with E-state index >= 15 is 0 Å². The fourth-order valence-corrected chi connectivity index (χ4v) is 1.58. The Morgan fingerprint density at radius 2 is 2.45 bits per heavy atom. The highest BCUT2D eigenvalue weighted by Crippen LogP contribution is 2.21. The maximum Gasteiger partial charge on any atom is 0.0925 e. The first-order chi connectivity index (χ1) is 4.86. The summed E-state index contributed by atoms with van der Waals surface area (Å²) in [6.07, 6.45) is 5.47. The maximum absolute atomic E-state index is 4.24. The fourth-order valence-electron chi connectivity index (χ4n) is 1.58. The number of nitrogens with one attached hydrogen (secondary N) is 1. The number of rotatable bonds is 0. The van der Waals surface area contributed by atoms with Crippen molar-refractivity contribution in [3.8, 4) is 0 Å². The summed E-state index contributed by atoms with van der Waals surface area (Å²) >= 11 is 0. The fraction of sp³-hybridized carbons (Fsp3) is 0.625. The van der Waals surface area contributed by atoms with Crippen molar-refractivity contribution in [3.05, 3.63) is 17.7 Å². The van der Waals surface area contributed by atoms with Crippen LogP contribution in [-0.2, 0) is 12.8 Å². The van der Waals surface area contributed by atoms with Crippen molar-refractivity contribution in [3.63, 3.8) is 0 Å². The summed E-state index contributed by atoms with van der Waals surface area (Å²) in [4.78, 5) is 7.41. The second-order valence-corrected chi connectivity index (χ2v) is 3.18. The topological polar surface area (TPSA) is 28.7 Å². The zero-order chi connectivity index (χ0) is 6.97. The van der Waals surface area contributed by atoms with Gasteiger partial charge in [0.1, 0.15) is 0 Å². The average molecular weight is 173 g/mol. The molecule has 0 amide bonds. The molecule has 0 bridgehead atoms. The van der Waals surface area contributed by atoms with E-state index in [9.17, 15) is 0 Å². The molecule has 1 unspecified atom stereocenters. The van der Waals surface area contributed by atoms with Crippen LogP contribution >= 0.6 is 12.4 Å². The molecule has 3 heteroatoms. The van der Waals surface area contributed by atoms with E-state index in [1.807, 2.05) is 6.33 Å². The molecule has 0 saturated carbocycles. The van der Waals surface area contributed by atoms with E-state index in [2.05, 4.69) is 16.9 Å². The van der Waals surface area contributed by atoms with Crippen molar-refractivity contribution in [2.45, 2.75) is 26.2 Å². The zero-order valence-electron chi connectivity index (χ0n) is 6.63. The van der Waals surface area contributed by atoms with E-state index in [4.69, 9.17) is 0 Å². The Morgan fingerprint density at radius 3 is 3.27 bits per heavy atom. The zero-order valence-corrected chi connectivity index (χ0v) is 7.45. The lowest BCUT2D eigenvalue weighted by atomic mass is 9.92. The summed E-state index contributed by atoms with van der Waals surface area (Å²) in [5, 5.41) is 0. The van der Waals surface area contributed by atoms with E-state index in [0.29, 0.717) is 0 Å². The van der Waals surface area contributed by atoms with Crippen molar-refractivity contribution < 1.29 is 0 Å². The molecule has 0 saturated heterocycles. The summed E-state index contributed by atoms with van der Waals surface area (Å²) in [5.41, 5.74) is 2.65. The third-order valence-corrected chi connectivity index (χ3v) is 2.23. The number of aryl methyl sites for hydroxylation is 1. The maximum atomic E-state index is 4.24. The molecule has 11 heavy (non-hydrogen) atoms. The molecule has 0 radical (unpaired) electrons. The summed E-state index contributed by atoms with van der Waals surface area (Å²) < 4.78 is 0. The number of nitrogens with zero attached hydrogens (tertiary/aromatic N) is 1. The second kappa shape index (κ2) is 3.26. The summed E-state index contributed by atoms with van der Waals surface area (Å²) in [5.74, 6) is 0.841. The summed E-state index contributed by atoms with van der Waals surface area (Å²) in [7, 11) is 0. The van der Waals surface area contributed by atoms with Crippen LogP contribution in [-0.4, -0.2) is 9.97 Å². The van der Waals surface area contributed by atoms with E-state index in [-0.39, 0.29) is 12.4 Å². The Kier molecular flexibility index (Phi) is 2.55. The van der Waals surface area contributed by atoms with E-state index in [0.717, 1.165) is 5.92 Å². The predicted molar refractivity (Wildman–Crippen MR) is 47.0 cm³/mol. The van der Waals surface area contributed by atoms with E-state index < -0.39 is 0 Å². The van der Waals surface area contributed by atoms with Gasteiger partial charge in [0.05, 0.1) is 12.0 Å². The van der Waals surface area contributed by atoms with E-state index in [1.165, 1.54) is 30.7 Å². The molecule has 0 aliphatic heterocycles. The number of fused-ring (bicyclic) bond motifs is 1. The highest BCUT2D eigenvalue weighted by atomic mass is 35.5. The molecule has 0 fully saturated rings. The number of imidazole rings is 1. The first-order valence-electron chi connectivity index (χ1n) is 3.87. The quantitative estimate of drug-likeness (QED) is 0.637. The van der Waals surface area contributed by atoms with Gasteiger partial charge in [-0.2, -0.15) is 0 Å². The van der Waals surface area contributed by atoms with Gasteiger partial charge in [0.2, 0.25) is 0 Å². The molecular weight excluding hydrogens is 160 g/mol. The number of hydrogen-bond donors (Lipinski definition) is 1. The van der Waals surface area contributed by atoms with Crippen molar-refractivity contribution in [2.75, 3.05) is 0 Å². The Bertz CT molecular complexity index is 232. The van der Waals surface area contributed by atoms with Crippen molar-refractivity contribution >= 4 is 12.4 Å². The van der Waals surface area contributed by atoms with Gasteiger partial charge in [-0.3, -0.25) is 0 Å². The van der Waals surface area contributed by atoms with Crippen molar-refractivity contribution in [2.24, 2.45) is 5.92 Å². The van der Waals surface area contributed by atoms with Gasteiger partial charge in [0.25, 0.3) is 0 Å². The molecule has 1 N–H and O–H groups in total. The highest BCUT2D eigenvalue weighted by molar-refractivity contribution is 5.85. The van der Waals surface area contributed by atoms with Crippen molar-refractivity contribution in [1.82, 2.24) is 9.97 Å². The van der Waals surface area contributed by atoms with Crippen LogP contribution in [0.3, 0.4) is 0 Å². The van der Waals surface area contributed by atoms with Crippen LogP contribution in [0.2, 0.25) is 0 Å². The number of aromatic amines is 1. The molecule has 0 spiro atoms. The van der Waals surface area contributed by atoms with Crippen molar-refractivity contribution in [1.29, 1.82) is 0 Å². The highest BCUT2D eigenvalue weighted by Gasteiger charge is 2.15. The number of halogens is 1. The summed E-state index contributed by atoms with van der Waals surface area (Å²) in [6, 6.07) is 0. The van der Waals surface area contributed by atoms with Crippen LogP contribution in [0.15, 0.2) is 6.33 Å². The molecule has 1 heterocycles. The minimum Gasteiger partial charge on any atom is -0.348 e. The molecule has 1 aliphatic rings. The van der Waals surface area contributed by atoms with Gasteiger partial charge in [-0.25, -0.2) is 4.98 Å². The Labute approximate surface area is 72.8 Å². The first-order valence-corrected chi connectivity index (χ1v) is 3.87. The third-order valence-electron chi connectivity index (χ3n) is 2.23. The van der Waals surface area contributed by atoms with Crippen LogP contribution < -0.4 is 0 Å². The summed E-state index contributed by atoms with van der Waals surface area (Å²) in [6.45, 7) is 2.30. The molecule has 1 aliphatic carbocycles. The molecule has 0 aromatic carbocycles. The minimum absolute atomic E-state index is 0. The molecule has 62 valence electrons. The number of aromatic nitrogens is 2. The minimum atomic E-state index is 0. The Hall–Kier alpha value is -0.500. The largest absolute Gasteiger partial charge is 0.348 e. The molecule has 1 aromatic heterocycles. The lowest BCUT2D eigenvalue weighted by Crippen LogP contribution is -2.10. The van der Waals surface area contributed by atoms with Crippen LogP contribution in [0, 0.1) is 5.92 Å². The normalized spacial score (nSPS) is 22.1. The standard InChI is InChI=1S/C8H12N2.ClH/c1-6-2-3-7-8(4-6)10-5-9-7;/h5-6H,2-4H2,1H3,(H,9,10);1H. The lowest BCUT2D eigenvalue weighted by molar-refractivity contribution is 0.492. The molecular formula is C8H13ClN2. The van der Waals surface area contributed by atoms with E-state index in [1.54, 1.807) is 0 Å². The van der Waals surface area contributed by atoms with Crippen LogP contribution in [0.25, 0.3) is 0 Å². The molecule has 1 aromatic rings. The van der Waals surface area contributed by atoms with Gasteiger partial charge in [-0.05, 0) is 25.2 Å². The number of H-pyrrole nitrogens is 1. The predicted octanol–water partition coefficient (Wildman–Crippen LogP) is 1.96. The van der Waals surface area contributed by atoms with Crippen LogP contribution in [0.1, 0.15) is 24.7 Å². The molecule has 1 atom stereocenters. The first kappa shape index (κ1) is 8.60. The van der Waals surface area contributed by atoms with Crippen LogP contribution in [0.4, 0.5) is 0 Å². The second-order valence-electron chi connectivity index (χ2n) is 3.18. The SMILES string of the molecule is CC1CCc2nc[nH]c2C1.Cl. The van der Waals surface area contributed by atoms with Gasteiger partial charge in [0, 0.05) is 5.69 Å². The Balaban J connectivity index is 0.000000605. The van der Waals surface area contributed by atoms with Gasteiger partial charge >= 0.3 is 0 Å². The lowest BCUT2D eigenvalue weighted by Gasteiger charge is -2.15.